The summed E-state index contributed by atoms with van der Waals surface area (Å²) in [5.74, 6) is 0. The molecule has 0 aliphatic carbocycles. The van der Waals surface area contributed by atoms with Gasteiger partial charge in [0.1, 0.15) is 6.07 Å². The van der Waals surface area contributed by atoms with Crippen LogP contribution in [0.2, 0.25) is 0 Å². The van der Waals surface area contributed by atoms with Crippen molar-refractivity contribution in [2.75, 3.05) is 31.2 Å². The van der Waals surface area contributed by atoms with Crippen LogP contribution in [0.1, 0.15) is 64.7 Å². The van der Waals surface area contributed by atoms with Gasteiger partial charge in [-0.1, -0.05) is 33.8 Å². The van der Waals surface area contributed by atoms with E-state index in [1.54, 1.807) is 13.0 Å². The van der Waals surface area contributed by atoms with Crippen molar-refractivity contribution in [3.05, 3.63) is 38.9 Å². The van der Waals surface area contributed by atoms with Gasteiger partial charge >= 0.3 is 0 Å². The first-order valence-electron chi connectivity index (χ1n) is 10.1. The molecule has 1 aromatic rings. The number of benzene rings is 1. The summed E-state index contributed by atoms with van der Waals surface area (Å²) in [5, 5.41) is 20.3. The first-order valence-corrected chi connectivity index (χ1v) is 10.1. The quantitative estimate of drug-likeness (QED) is 0.375. The lowest BCUT2D eigenvalue weighted by atomic mass is 9.99. The minimum Gasteiger partial charge on any atom is -0.382 e. The van der Waals surface area contributed by atoms with Gasteiger partial charge in [-0.25, -0.2) is 0 Å². The zero-order chi connectivity index (χ0) is 20.8. The highest BCUT2D eigenvalue weighted by Crippen LogP contribution is 2.33. The number of hydrogen-bond acceptors (Lipinski definition) is 5. The van der Waals surface area contributed by atoms with E-state index in [-0.39, 0.29) is 4.92 Å². The van der Waals surface area contributed by atoms with Gasteiger partial charge < -0.3 is 9.64 Å². The van der Waals surface area contributed by atoms with Gasteiger partial charge in [-0.3, -0.25) is 10.1 Å². The van der Waals surface area contributed by atoms with Crippen molar-refractivity contribution in [2.24, 2.45) is 0 Å². The Morgan fingerprint density at radius 2 is 2.00 bits per heavy atom. The Bertz CT molecular complexity index is 611. The van der Waals surface area contributed by atoms with Crippen molar-refractivity contribution in [3.8, 4) is 6.07 Å². The van der Waals surface area contributed by atoms with Crippen LogP contribution in [0.3, 0.4) is 0 Å². The second kappa shape index (κ2) is 14.0. The van der Waals surface area contributed by atoms with Gasteiger partial charge in [0.05, 0.1) is 11.3 Å². The van der Waals surface area contributed by atoms with E-state index >= 15 is 0 Å². The molecule has 1 aliphatic heterocycles. The first kappa shape index (κ1) is 24.9. The topological polar surface area (TPSA) is 79.4 Å². The lowest BCUT2D eigenvalue weighted by molar-refractivity contribution is -0.517. The van der Waals surface area contributed by atoms with Crippen molar-refractivity contribution >= 4 is 5.69 Å². The van der Waals surface area contributed by atoms with Gasteiger partial charge in [0, 0.05) is 44.6 Å². The van der Waals surface area contributed by atoms with E-state index in [1.807, 2.05) is 40.7 Å². The number of nitriles is 1. The number of fused-ring (bicyclic) bond motifs is 1. The van der Waals surface area contributed by atoms with Crippen LogP contribution >= 0.6 is 0 Å². The molecule has 0 spiro atoms. The van der Waals surface area contributed by atoms with Crippen molar-refractivity contribution in [2.45, 2.75) is 66.8 Å². The van der Waals surface area contributed by atoms with Crippen molar-refractivity contribution in [1.29, 1.82) is 5.26 Å². The summed E-state index contributed by atoms with van der Waals surface area (Å²) < 4.78 is 5.37. The summed E-state index contributed by atoms with van der Waals surface area (Å²) in [7, 11) is 0. The standard InChI is InChI=1S/C17H23N3O3.2C2H6/c1-3-23-8-4-6-19-7-5-15-10-14(9-13(2)20(21)22)11-16(12-18)17(15)19;2*1-2/h10-11,13H,3-9H2,1-2H3;2*1-2H3. The fraction of sp³-hybridized carbons (Fsp3) is 0.667. The second-order valence-electron chi connectivity index (χ2n) is 5.89. The molecule has 0 saturated carbocycles. The maximum absolute atomic E-state index is 10.8. The maximum Gasteiger partial charge on any atom is 0.214 e. The Labute approximate surface area is 164 Å². The molecule has 0 aromatic heterocycles. The second-order valence-corrected chi connectivity index (χ2v) is 5.89. The summed E-state index contributed by atoms with van der Waals surface area (Å²) in [5.41, 5.74) is 3.63. The van der Waals surface area contributed by atoms with E-state index in [9.17, 15) is 15.4 Å². The number of nitrogens with zero attached hydrogens (tertiary/aromatic N) is 3. The van der Waals surface area contributed by atoms with Gasteiger partial charge in [-0.2, -0.15) is 5.26 Å². The highest BCUT2D eigenvalue weighted by atomic mass is 16.6. The van der Waals surface area contributed by atoms with Gasteiger partial charge in [-0.05, 0) is 37.0 Å². The molecule has 0 radical (unpaired) electrons. The molecule has 0 bridgehead atoms. The minimum atomic E-state index is -0.636. The molecule has 1 unspecified atom stereocenters. The number of nitro groups is 1. The molecule has 0 amide bonds. The fourth-order valence-corrected chi connectivity index (χ4v) is 3.04. The van der Waals surface area contributed by atoms with E-state index in [4.69, 9.17) is 4.74 Å². The summed E-state index contributed by atoms with van der Waals surface area (Å²) in [4.78, 5) is 12.8. The number of hydrogen-bond donors (Lipinski definition) is 0. The smallest absolute Gasteiger partial charge is 0.214 e. The average molecular weight is 378 g/mol. The monoisotopic (exact) mass is 377 g/mol. The minimum absolute atomic E-state index is 0.278. The van der Waals surface area contributed by atoms with Crippen molar-refractivity contribution in [3.63, 3.8) is 0 Å². The van der Waals surface area contributed by atoms with Gasteiger partial charge in [0.2, 0.25) is 6.04 Å². The zero-order valence-corrected chi connectivity index (χ0v) is 17.7. The maximum atomic E-state index is 10.8. The lowest BCUT2D eigenvalue weighted by Gasteiger charge is -2.21. The Balaban J connectivity index is 0.00000158. The third kappa shape index (κ3) is 7.56. The Hall–Kier alpha value is -2.13. The average Bonchev–Trinajstić information content (AvgIpc) is 3.10. The molecule has 2 rings (SSSR count). The molecule has 152 valence electrons. The molecular weight excluding hydrogens is 342 g/mol. The molecule has 1 heterocycles. The van der Waals surface area contributed by atoms with Crippen LogP contribution in [-0.2, 0) is 17.6 Å². The van der Waals surface area contributed by atoms with E-state index in [2.05, 4.69) is 11.0 Å². The largest absolute Gasteiger partial charge is 0.382 e. The van der Waals surface area contributed by atoms with E-state index < -0.39 is 6.04 Å². The molecule has 0 saturated heterocycles. The van der Waals surface area contributed by atoms with Crippen LogP contribution in [0, 0.1) is 21.4 Å². The van der Waals surface area contributed by atoms with Gasteiger partial charge in [0.15, 0.2) is 0 Å². The highest BCUT2D eigenvalue weighted by Gasteiger charge is 2.24. The van der Waals surface area contributed by atoms with Crippen molar-refractivity contribution in [1.82, 2.24) is 0 Å². The number of rotatable bonds is 8. The predicted octanol–water partition coefficient (Wildman–Crippen LogP) is 4.61. The van der Waals surface area contributed by atoms with Crippen LogP contribution in [0.25, 0.3) is 0 Å². The van der Waals surface area contributed by atoms with Crippen LogP contribution in [0.5, 0.6) is 0 Å². The van der Waals surface area contributed by atoms with Crippen LogP contribution in [0.15, 0.2) is 12.1 Å². The van der Waals surface area contributed by atoms with Crippen LogP contribution in [-0.4, -0.2) is 37.3 Å². The Kier molecular flexibility index (Phi) is 12.9. The molecule has 1 atom stereocenters. The third-order valence-corrected chi connectivity index (χ3v) is 4.15. The van der Waals surface area contributed by atoms with Crippen LogP contribution < -0.4 is 4.90 Å². The summed E-state index contributed by atoms with van der Waals surface area (Å²) in [6.45, 7) is 14.8. The summed E-state index contributed by atoms with van der Waals surface area (Å²) in [6.07, 6.45) is 2.18. The molecule has 6 heteroatoms. The molecule has 0 fully saturated rings. The fourth-order valence-electron chi connectivity index (χ4n) is 3.04. The molecular formula is C21H35N3O3. The van der Waals surface area contributed by atoms with E-state index in [0.717, 1.165) is 56.0 Å². The molecule has 1 aliphatic rings. The summed E-state index contributed by atoms with van der Waals surface area (Å²) in [6, 6.07) is 5.45. The Morgan fingerprint density at radius 1 is 1.33 bits per heavy atom. The molecule has 6 nitrogen and oxygen atoms in total. The predicted molar refractivity (Wildman–Crippen MR) is 111 cm³/mol. The van der Waals surface area contributed by atoms with Crippen molar-refractivity contribution < 1.29 is 9.66 Å². The van der Waals surface area contributed by atoms with Gasteiger partial charge in [0.25, 0.3) is 0 Å². The number of anilines is 1. The van der Waals surface area contributed by atoms with E-state index in [0.29, 0.717) is 12.0 Å². The normalized spacial score (nSPS) is 12.7. The SMILES string of the molecule is CC.CC.CCOCCCN1CCc2cc(CC(C)[N+](=O)[O-])cc(C#N)c21. The lowest BCUT2D eigenvalue weighted by Crippen LogP contribution is -2.23. The molecule has 1 aromatic carbocycles. The van der Waals surface area contributed by atoms with Crippen LogP contribution in [0.4, 0.5) is 5.69 Å². The Morgan fingerprint density at radius 3 is 2.56 bits per heavy atom. The molecule has 0 N–H and O–H groups in total. The summed E-state index contributed by atoms with van der Waals surface area (Å²) >= 11 is 0. The van der Waals surface area contributed by atoms with E-state index in [1.165, 1.54) is 0 Å². The highest BCUT2D eigenvalue weighted by molar-refractivity contribution is 5.68. The molecule has 27 heavy (non-hydrogen) atoms. The number of ether oxygens (including phenoxy) is 1. The first-order chi connectivity index (χ1) is 13.1. The van der Waals surface area contributed by atoms with Gasteiger partial charge in [-0.15, -0.1) is 0 Å². The zero-order valence-electron chi connectivity index (χ0n) is 17.7. The third-order valence-electron chi connectivity index (χ3n) is 4.15.